The third-order valence-corrected chi connectivity index (χ3v) is 5.51. The molecular weight excluding hydrogens is 374 g/mol. The summed E-state index contributed by atoms with van der Waals surface area (Å²) in [5.41, 5.74) is 6.56. The smallest absolute Gasteiger partial charge is 0.244 e. The first kappa shape index (κ1) is 19.6. The lowest BCUT2D eigenvalue weighted by Crippen LogP contribution is -2.57. The van der Waals surface area contributed by atoms with Crippen molar-refractivity contribution in [2.24, 2.45) is 11.8 Å². The molecule has 1 atom stereocenters. The molecule has 2 amide bonds. The molecule has 2 aliphatic rings. The standard InChI is InChI=1S/C20H25N5O4/c1-25-10-14(11-25)19(27)23-22-18(26)13-7-15(8-13)21-20(28)17-9-16(24-29-17)12-5-3-2-4-6-12/h2-6,9,13-15,20-21,28H,7-8,10-11H2,1H3,(H,22,26)(H,23,27). The number of hydrogen-bond donors (Lipinski definition) is 4. The maximum Gasteiger partial charge on any atom is 0.244 e. The van der Waals surface area contributed by atoms with Gasteiger partial charge < -0.3 is 14.5 Å². The number of amides is 2. The highest BCUT2D eigenvalue weighted by atomic mass is 16.5. The van der Waals surface area contributed by atoms with Gasteiger partial charge in [-0.25, -0.2) is 0 Å². The number of carbonyl (C=O) groups excluding carboxylic acids is 2. The van der Waals surface area contributed by atoms with Crippen LogP contribution in [-0.4, -0.2) is 53.2 Å². The molecule has 1 aliphatic carbocycles. The van der Waals surface area contributed by atoms with E-state index in [1.54, 1.807) is 6.07 Å². The van der Waals surface area contributed by atoms with Gasteiger partial charge in [-0.05, 0) is 19.9 Å². The minimum absolute atomic E-state index is 0.0120. The summed E-state index contributed by atoms with van der Waals surface area (Å²) in [6, 6.07) is 11.2. The summed E-state index contributed by atoms with van der Waals surface area (Å²) in [6.45, 7) is 1.42. The molecule has 0 bridgehead atoms. The van der Waals surface area contributed by atoms with Crippen LogP contribution in [0.25, 0.3) is 11.3 Å². The summed E-state index contributed by atoms with van der Waals surface area (Å²) in [5.74, 6) is -0.285. The molecule has 4 N–H and O–H groups in total. The number of aliphatic hydroxyl groups is 1. The van der Waals surface area contributed by atoms with Crippen LogP contribution in [0, 0.1) is 11.8 Å². The van der Waals surface area contributed by atoms with Crippen molar-refractivity contribution >= 4 is 11.8 Å². The fraction of sp³-hybridized carbons (Fsp3) is 0.450. The van der Waals surface area contributed by atoms with Crippen molar-refractivity contribution in [3.63, 3.8) is 0 Å². The van der Waals surface area contributed by atoms with Crippen LogP contribution >= 0.6 is 0 Å². The van der Waals surface area contributed by atoms with E-state index in [-0.39, 0.29) is 29.7 Å². The predicted molar refractivity (Wildman–Crippen MR) is 104 cm³/mol. The maximum absolute atomic E-state index is 12.1. The lowest BCUT2D eigenvalue weighted by atomic mass is 9.79. The van der Waals surface area contributed by atoms with Gasteiger partial charge in [0.2, 0.25) is 11.8 Å². The molecule has 1 unspecified atom stereocenters. The van der Waals surface area contributed by atoms with Crippen molar-refractivity contribution in [2.45, 2.75) is 25.1 Å². The molecule has 2 aromatic rings. The van der Waals surface area contributed by atoms with Crippen LogP contribution in [0.5, 0.6) is 0 Å². The highest BCUT2D eigenvalue weighted by Gasteiger charge is 2.37. The van der Waals surface area contributed by atoms with E-state index in [0.29, 0.717) is 37.4 Å². The largest absolute Gasteiger partial charge is 0.371 e. The second-order valence-corrected chi connectivity index (χ2v) is 7.81. The van der Waals surface area contributed by atoms with E-state index < -0.39 is 6.23 Å². The van der Waals surface area contributed by atoms with Crippen LogP contribution in [0.1, 0.15) is 24.8 Å². The summed E-state index contributed by atoms with van der Waals surface area (Å²) < 4.78 is 5.24. The van der Waals surface area contributed by atoms with E-state index in [1.165, 1.54) is 0 Å². The predicted octanol–water partition coefficient (Wildman–Crippen LogP) is 0.410. The molecule has 0 spiro atoms. The zero-order chi connectivity index (χ0) is 20.4. The van der Waals surface area contributed by atoms with Crippen molar-refractivity contribution in [1.29, 1.82) is 0 Å². The van der Waals surface area contributed by atoms with Gasteiger partial charge >= 0.3 is 0 Å². The molecule has 2 heterocycles. The lowest BCUT2D eigenvalue weighted by Gasteiger charge is -2.37. The first-order valence-corrected chi connectivity index (χ1v) is 9.74. The number of likely N-dealkylation sites (tertiary alicyclic amines) is 1. The Morgan fingerprint density at radius 1 is 1.14 bits per heavy atom. The van der Waals surface area contributed by atoms with E-state index in [9.17, 15) is 14.7 Å². The summed E-state index contributed by atoms with van der Waals surface area (Å²) in [7, 11) is 1.94. The number of nitrogens with one attached hydrogen (secondary N) is 3. The molecule has 154 valence electrons. The third kappa shape index (κ3) is 4.47. The zero-order valence-corrected chi connectivity index (χ0v) is 16.2. The van der Waals surface area contributed by atoms with Gasteiger partial charge in [0.05, 0.1) is 5.92 Å². The van der Waals surface area contributed by atoms with Crippen molar-refractivity contribution in [3.8, 4) is 11.3 Å². The summed E-state index contributed by atoms with van der Waals surface area (Å²) >= 11 is 0. The van der Waals surface area contributed by atoms with Crippen LogP contribution in [0.4, 0.5) is 0 Å². The molecule has 1 saturated heterocycles. The highest BCUT2D eigenvalue weighted by molar-refractivity contribution is 5.85. The molecule has 1 aliphatic heterocycles. The molecule has 1 aromatic heterocycles. The van der Waals surface area contributed by atoms with E-state index in [4.69, 9.17) is 4.52 Å². The molecule has 1 saturated carbocycles. The summed E-state index contributed by atoms with van der Waals surface area (Å²) in [5, 5.41) is 17.4. The maximum atomic E-state index is 12.1. The molecule has 9 heteroatoms. The van der Waals surface area contributed by atoms with E-state index in [0.717, 1.165) is 5.56 Å². The second kappa shape index (κ2) is 8.32. The Morgan fingerprint density at radius 2 is 1.79 bits per heavy atom. The molecule has 29 heavy (non-hydrogen) atoms. The number of hydrazine groups is 1. The number of hydrogen-bond acceptors (Lipinski definition) is 7. The first-order valence-electron chi connectivity index (χ1n) is 9.74. The van der Waals surface area contributed by atoms with Gasteiger partial charge in [0, 0.05) is 36.7 Å². The van der Waals surface area contributed by atoms with Crippen LogP contribution in [0.2, 0.25) is 0 Å². The quantitative estimate of drug-likeness (QED) is 0.410. The summed E-state index contributed by atoms with van der Waals surface area (Å²) in [4.78, 5) is 26.0. The van der Waals surface area contributed by atoms with Crippen molar-refractivity contribution < 1.29 is 19.2 Å². The normalized spacial score (nSPS) is 23.0. The average Bonchev–Trinajstić information content (AvgIpc) is 3.17. The summed E-state index contributed by atoms with van der Waals surface area (Å²) in [6.07, 6.45) is 0.152. The van der Waals surface area contributed by atoms with E-state index in [2.05, 4.69) is 21.3 Å². The van der Waals surface area contributed by atoms with Crippen LogP contribution in [-0.2, 0) is 9.59 Å². The Balaban J connectivity index is 1.19. The Bertz CT molecular complexity index is 859. The first-order chi connectivity index (χ1) is 14.0. The number of rotatable bonds is 6. The third-order valence-electron chi connectivity index (χ3n) is 5.51. The van der Waals surface area contributed by atoms with Crippen molar-refractivity contribution in [2.75, 3.05) is 20.1 Å². The fourth-order valence-electron chi connectivity index (χ4n) is 3.63. The van der Waals surface area contributed by atoms with Gasteiger partial charge in [-0.1, -0.05) is 35.5 Å². The van der Waals surface area contributed by atoms with Gasteiger partial charge in [0.1, 0.15) is 5.69 Å². The Labute approximate surface area is 168 Å². The molecular formula is C20H25N5O4. The van der Waals surface area contributed by atoms with Crippen molar-refractivity contribution in [3.05, 3.63) is 42.2 Å². The average molecular weight is 399 g/mol. The molecule has 9 nitrogen and oxygen atoms in total. The SMILES string of the molecule is CN1CC(C(=O)NNC(=O)C2CC(NC(O)c3cc(-c4ccccc4)no3)C2)C1. The minimum Gasteiger partial charge on any atom is -0.371 e. The Hall–Kier alpha value is -2.75. The number of benzene rings is 1. The Kier molecular flexibility index (Phi) is 5.61. The number of aromatic nitrogens is 1. The molecule has 4 rings (SSSR count). The molecule has 2 fully saturated rings. The van der Waals surface area contributed by atoms with Gasteiger partial charge in [-0.3, -0.25) is 25.8 Å². The number of carbonyl (C=O) groups is 2. The molecule has 1 aromatic carbocycles. The van der Waals surface area contributed by atoms with Gasteiger partial charge in [-0.2, -0.15) is 0 Å². The number of aliphatic hydroxyl groups excluding tert-OH is 1. The van der Waals surface area contributed by atoms with Gasteiger partial charge in [0.25, 0.3) is 0 Å². The van der Waals surface area contributed by atoms with Crippen LogP contribution in [0.15, 0.2) is 40.9 Å². The lowest BCUT2D eigenvalue weighted by molar-refractivity contribution is -0.137. The van der Waals surface area contributed by atoms with Crippen molar-refractivity contribution in [1.82, 2.24) is 26.2 Å². The van der Waals surface area contributed by atoms with Crippen LogP contribution in [0.3, 0.4) is 0 Å². The minimum atomic E-state index is -0.996. The zero-order valence-electron chi connectivity index (χ0n) is 16.2. The van der Waals surface area contributed by atoms with Crippen LogP contribution < -0.4 is 16.2 Å². The topological polar surface area (TPSA) is 120 Å². The number of nitrogens with zero attached hydrogens (tertiary/aromatic N) is 2. The monoisotopic (exact) mass is 399 g/mol. The van der Waals surface area contributed by atoms with E-state index >= 15 is 0 Å². The second-order valence-electron chi connectivity index (χ2n) is 7.81. The molecule has 0 radical (unpaired) electrons. The highest BCUT2D eigenvalue weighted by Crippen LogP contribution is 2.30. The fourth-order valence-corrected chi connectivity index (χ4v) is 3.63. The van der Waals surface area contributed by atoms with Gasteiger partial charge in [0.15, 0.2) is 12.0 Å². The van der Waals surface area contributed by atoms with Gasteiger partial charge in [-0.15, -0.1) is 0 Å². The Morgan fingerprint density at radius 3 is 2.45 bits per heavy atom. The van der Waals surface area contributed by atoms with E-state index in [1.807, 2.05) is 42.3 Å².